The van der Waals surface area contributed by atoms with E-state index in [4.69, 9.17) is 13.9 Å². The summed E-state index contributed by atoms with van der Waals surface area (Å²) in [6.45, 7) is 7.08. The van der Waals surface area contributed by atoms with E-state index < -0.39 is 0 Å². The fourth-order valence-electron chi connectivity index (χ4n) is 2.13. The van der Waals surface area contributed by atoms with E-state index in [1.54, 1.807) is 0 Å². The summed E-state index contributed by atoms with van der Waals surface area (Å²) in [6, 6.07) is 4.46. The van der Waals surface area contributed by atoms with Crippen LogP contribution in [0.3, 0.4) is 0 Å². The van der Waals surface area contributed by atoms with Gasteiger partial charge in [-0.2, -0.15) is 0 Å². The molecule has 1 saturated heterocycles. The lowest BCUT2D eigenvalue weighted by molar-refractivity contribution is -0.0473. The molecule has 0 saturated carbocycles. The molecule has 4 heteroatoms. The first-order valence-electron chi connectivity index (χ1n) is 7.24. The van der Waals surface area contributed by atoms with Gasteiger partial charge in [0, 0.05) is 12.6 Å². The van der Waals surface area contributed by atoms with E-state index in [2.05, 4.69) is 19.2 Å². The Morgan fingerprint density at radius 2 is 2.16 bits per heavy atom. The van der Waals surface area contributed by atoms with Crippen LogP contribution >= 0.6 is 0 Å². The largest absolute Gasteiger partial charge is 0.462 e. The quantitative estimate of drug-likeness (QED) is 0.825. The number of hydrogen-bond donors (Lipinski definition) is 1. The molecule has 0 aromatic carbocycles. The van der Waals surface area contributed by atoms with Gasteiger partial charge in [-0.3, -0.25) is 0 Å². The van der Waals surface area contributed by atoms with Gasteiger partial charge < -0.3 is 19.2 Å². The summed E-state index contributed by atoms with van der Waals surface area (Å²) in [5.41, 5.74) is 0. The van der Waals surface area contributed by atoms with Crippen molar-refractivity contribution in [3.63, 3.8) is 0 Å². The predicted molar refractivity (Wildman–Crippen MR) is 73.9 cm³/mol. The molecular formula is C15H25NO3. The maximum atomic E-state index is 5.70. The molecule has 1 aromatic rings. The van der Waals surface area contributed by atoms with Crippen molar-refractivity contribution in [1.29, 1.82) is 0 Å². The van der Waals surface area contributed by atoms with Gasteiger partial charge in [-0.05, 0) is 31.4 Å². The molecule has 1 unspecified atom stereocenters. The van der Waals surface area contributed by atoms with E-state index in [1.807, 2.05) is 12.1 Å². The standard InChI is InChI=1S/C15H25NO3/c1-12(2)16-9-13-6-7-15(19-13)11-17-10-14-5-3-4-8-18-14/h6-7,12,14,16H,3-5,8-11H2,1-2H3. The fraction of sp³-hybridized carbons (Fsp3) is 0.733. The second kappa shape index (κ2) is 7.68. The van der Waals surface area contributed by atoms with Crippen molar-refractivity contribution in [3.05, 3.63) is 23.7 Å². The third-order valence-corrected chi connectivity index (χ3v) is 3.22. The van der Waals surface area contributed by atoms with Crippen molar-refractivity contribution in [2.45, 2.75) is 58.4 Å². The van der Waals surface area contributed by atoms with E-state index in [1.165, 1.54) is 12.8 Å². The van der Waals surface area contributed by atoms with Gasteiger partial charge in [-0.1, -0.05) is 13.8 Å². The Hall–Kier alpha value is -0.840. The Balaban J connectivity index is 1.65. The van der Waals surface area contributed by atoms with E-state index in [0.717, 1.165) is 31.1 Å². The molecule has 0 aliphatic carbocycles. The minimum absolute atomic E-state index is 0.269. The highest BCUT2D eigenvalue weighted by Crippen LogP contribution is 2.14. The maximum absolute atomic E-state index is 5.70. The van der Waals surface area contributed by atoms with Crippen LogP contribution in [-0.4, -0.2) is 25.4 Å². The van der Waals surface area contributed by atoms with Gasteiger partial charge in [0.05, 0.1) is 19.3 Å². The predicted octanol–water partition coefficient (Wildman–Crippen LogP) is 2.86. The molecule has 1 fully saturated rings. The first-order chi connectivity index (χ1) is 9.24. The number of nitrogens with one attached hydrogen (secondary N) is 1. The highest BCUT2D eigenvalue weighted by atomic mass is 16.5. The van der Waals surface area contributed by atoms with E-state index in [9.17, 15) is 0 Å². The molecule has 0 bridgehead atoms. The summed E-state index contributed by atoms with van der Waals surface area (Å²) in [4.78, 5) is 0. The minimum Gasteiger partial charge on any atom is -0.462 e. The van der Waals surface area contributed by atoms with Crippen LogP contribution in [0, 0.1) is 0 Å². The average Bonchev–Trinajstić information content (AvgIpc) is 2.86. The number of rotatable bonds is 7. The molecule has 2 heterocycles. The smallest absolute Gasteiger partial charge is 0.129 e. The van der Waals surface area contributed by atoms with E-state index >= 15 is 0 Å². The zero-order chi connectivity index (χ0) is 13.5. The van der Waals surface area contributed by atoms with Gasteiger partial charge in [0.1, 0.15) is 18.1 Å². The zero-order valence-corrected chi connectivity index (χ0v) is 12.0. The lowest BCUT2D eigenvalue weighted by Gasteiger charge is -2.22. The normalized spacial score (nSPS) is 20.1. The molecular weight excluding hydrogens is 242 g/mol. The molecule has 1 aromatic heterocycles. The molecule has 0 spiro atoms. The van der Waals surface area contributed by atoms with Crippen molar-refractivity contribution in [2.75, 3.05) is 13.2 Å². The number of hydrogen-bond acceptors (Lipinski definition) is 4. The Morgan fingerprint density at radius 1 is 1.32 bits per heavy atom. The number of furan rings is 1. The second-order valence-corrected chi connectivity index (χ2v) is 5.41. The molecule has 1 aliphatic heterocycles. The van der Waals surface area contributed by atoms with E-state index in [0.29, 0.717) is 19.3 Å². The minimum atomic E-state index is 0.269. The topological polar surface area (TPSA) is 43.6 Å². The zero-order valence-electron chi connectivity index (χ0n) is 12.0. The number of ether oxygens (including phenoxy) is 2. The van der Waals surface area contributed by atoms with Crippen molar-refractivity contribution < 1.29 is 13.9 Å². The molecule has 0 amide bonds. The highest BCUT2D eigenvalue weighted by molar-refractivity contribution is 5.06. The summed E-state index contributed by atoms with van der Waals surface area (Å²) in [6.07, 6.45) is 3.81. The molecule has 4 nitrogen and oxygen atoms in total. The summed E-state index contributed by atoms with van der Waals surface area (Å²) < 4.78 is 17.0. The first kappa shape index (κ1) is 14.6. The van der Waals surface area contributed by atoms with Gasteiger partial charge in [0.2, 0.25) is 0 Å². The van der Waals surface area contributed by atoms with Crippen LogP contribution in [0.4, 0.5) is 0 Å². The van der Waals surface area contributed by atoms with Crippen molar-refractivity contribution in [2.24, 2.45) is 0 Å². The van der Waals surface area contributed by atoms with Crippen molar-refractivity contribution in [1.82, 2.24) is 5.32 Å². The molecule has 1 atom stereocenters. The van der Waals surface area contributed by atoms with Gasteiger partial charge in [0.25, 0.3) is 0 Å². The Bertz CT molecular complexity index is 356. The second-order valence-electron chi connectivity index (χ2n) is 5.41. The van der Waals surface area contributed by atoms with Crippen molar-refractivity contribution in [3.8, 4) is 0 Å². The highest BCUT2D eigenvalue weighted by Gasteiger charge is 2.14. The molecule has 19 heavy (non-hydrogen) atoms. The van der Waals surface area contributed by atoms with Gasteiger partial charge in [-0.15, -0.1) is 0 Å². The lowest BCUT2D eigenvalue weighted by Crippen LogP contribution is -2.24. The summed E-state index contributed by atoms with van der Waals surface area (Å²) in [5.74, 6) is 1.84. The molecule has 2 rings (SSSR count). The Morgan fingerprint density at radius 3 is 2.89 bits per heavy atom. The van der Waals surface area contributed by atoms with Gasteiger partial charge in [0.15, 0.2) is 0 Å². The average molecular weight is 267 g/mol. The van der Waals surface area contributed by atoms with Crippen LogP contribution < -0.4 is 5.32 Å². The maximum Gasteiger partial charge on any atom is 0.129 e. The van der Waals surface area contributed by atoms with Crippen LogP contribution in [0.5, 0.6) is 0 Å². The summed E-state index contributed by atoms with van der Waals surface area (Å²) in [5, 5.41) is 3.33. The van der Waals surface area contributed by atoms with Crippen LogP contribution in [-0.2, 0) is 22.6 Å². The van der Waals surface area contributed by atoms with Crippen LogP contribution in [0.1, 0.15) is 44.6 Å². The molecule has 0 radical (unpaired) electrons. The monoisotopic (exact) mass is 267 g/mol. The van der Waals surface area contributed by atoms with Gasteiger partial charge in [-0.25, -0.2) is 0 Å². The first-order valence-corrected chi connectivity index (χ1v) is 7.24. The summed E-state index contributed by atoms with van der Waals surface area (Å²) in [7, 11) is 0. The molecule has 1 aliphatic rings. The van der Waals surface area contributed by atoms with E-state index in [-0.39, 0.29) is 6.10 Å². The molecule has 108 valence electrons. The van der Waals surface area contributed by atoms with Crippen LogP contribution in [0.2, 0.25) is 0 Å². The van der Waals surface area contributed by atoms with Crippen LogP contribution in [0.25, 0.3) is 0 Å². The third kappa shape index (κ3) is 5.35. The Labute approximate surface area is 115 Å². The third-order valence-electron chi connectivity index (χ3n) is 3.22. The lowest BCUT2D eigenvalue weighted by atomic mass is 10.1. The molecule has 1 N–H and O–H groups in total. The SMILES string of the molecule is CC(C)NCc1ccc(COCC2CCCCO2)o1. The van der Waals surface area contributed by atoms with Gasteiger partial charge >= 0.3 is 0 Å². The van der Waals surface area contributed by atoms with Crippen LogP contribution in [0.15, 0.2) is 16.5 Å². The van der Waals surface area contributed by atoms with Crippen molar-refractivity contribution >= 4 is 0 Å². The summed E-state index contributed by atoms with van der Waals surface area (Å²) >= 11 is 0. The fourth-order valence-corrected chi connectivity index (χ4v) is 2.13. The Kier molecular flexibility index (Phi) is 5.89.